The average Bonchev–Trinajstić information content (AvgIpc) is 3.62. The Hall–Kier alpha value is -2.57. The zero-order chi connectivity index (χ0) is 22.2. The largest absolute Gasteiger partial charge is 0.484 e. The Bertz CT molecular complexity index is 897. The van der Waals surface area contributed by atoms with Gasteiger partial charge >= 0.3 is 0 Å². The molecule has 0 bridgehead atoms. The van der Waals surface area contributed by atoms with E-state index in [-0.39, 0.29) is 30.4 Å². The third-order valence-electron chi connectivity index (χ3n) is 5.43. The molecule has 166 valence electrons. The number of amides is 2. The van der Waals surface area contributed by atoms with Gasteiger partial charge in [-0.2, -0.15) is 0 Å². The molecule has 1 saturated carbocycles. The maximum Gasteiger partial charge on any atom is 0.258 e. The maximum atomic E-state index is 12.4. The highest BCUT2D eigenvalue weighted by Gasteiger charge is 2.29. The van der Waals surface area contributed by atoms with E-state index in [1.807, 2.05) is 30.3 Å². The molecule has 1 aliphatic carbocycles. The summed E-state index contributed by atoms with van der Waals surface area (Å²) in [7, 11) is 0. The van der Waals surface area contributed by atoms with Crippen molar-refractivity contribution in [2.75, 3.05) is 31.6 Å². The van der Waals surface area contributed by atoms with Gasteiger partial charge in [0.15, 0.2) is 6.61 Å². The van der Waals surface area contributed by atoms with Crippen LogP contribution in [-0.4, -0.2) is 43.0 Å². The molecule has 1 atom stereocenters. The highest BCUT2D eigenvalue weighted by molar-refractivity contribution is 6.31. The summed E-state index contributed by atoms with van der Waals surface area (Å²) in [5, 5.41) is 6.54. The highest BCUT2D eigenvalue weighted by Crippen LogP contribution is 2.30. The van der Waals surface area contributed by atoms with Crippen LogP contribution in [0.15, 0.2) is 48.5 Å². The van der Waals surface area contributed by atoms with Crippen LogP contribution in [0, 0.1) is 5.92 Å². The summed E-state index contributed by atoms with van der Waals surface area (Å²) in [5.74, 6) is 0.496. The first-order valence-electron chi connectivity index (χ1n) is 10.8. The van der Waals surface area contributed by atoms with Gasteiger partial charge in [0, 0.05) is 29.2 Å². The third kappa shape index (κ3) is 6.71. The molecule has 0 radical (unpaired) electrons. The zero-order valence-corrected chi connectivity index (χ0v) is 18.8. The number of halogens is 1. The van der Waals surface area contributed by atoms with E-state index in [1.165, 1.54) is 0 Å². The van der Waals surface area contributed by atoms with Gasteiger partial charge in [-0.05, 0) is 49.7 Å². The minimum Gasteiger partial charge on any atom is -0.484 e. The van der Waals surface area contributed by atoms with Crippen LogP contribution in [-0.2, 0) is 9.59 Å². The molecule has 0 aromatic heterocycles. The van der Waals surface area contributed by atoms with E-state index in [0.717, 1.165) is 31.5 Å². The lowest BCUT2D eigenvalue weighted by Crippen LogP contribution is -2.39. The van der Waals surface area contributed by atoms with Gasteiger partial charge < -0.3 is 15.4 Å². The predicted molar refractivity (Wildman–Crippen MR) is 123 cm³/mol. The minimum absolute atomic E-state index is 0.0198. The number of likely N-dealkylation sites (N-methyl/N-ethyl adjacent to an activating group) is 1. The number of hydrogen-bond acceptors (Lipinski definition) is 4. The lowest BCUT2D eigenvalue weighted by atomic mass is 10.0. The number of ether oxygens (including phenoxy) is 1. The molecular weight excluding hydrogens is 414 g/mol. The van der Waals surface area contributed by atoms with Crippen LogP contribution >= 0.6 is 11.6 Å². The fraction of sp³-hybridized carbons (Fsp3) is 0.417. The van der Waals surface area contributed by atoms with E-state index in [0.29, 0.717) is 23.0 Å². The van der Waals surface area contributed by atoms with E-state index in [2.05, 4.69) is 29.4 Å². The second kappa shape index (κ2) is 11.2. The van der Waals surface area contributed by atoms with Crippen LogP contribution in [0.3, 0.4) is 0 Å². The van der Waals surface area contributed by atoms with Crippen LogP contribution in [0.2, 0.25) is 5.02 Å². The molecule has 1 aliphatic rings. The number of carbonyl (C=O) groups excluding carboxylic acids is 2. The second-order valence-electron chi connectivity index (χ2n) is 7.64. The smallest absolute Gasteiger partial charge is 0.258 e. The van der Waals surface area contributed by atoms with Gasteiger partial charge in [-0.15, -0.1) is 0 Å². The van der Waals surface area contributed by atoms with Gasteiger partial charge in [0.25, 0.3) is 5.91 Å². The molecule has 2 aromatic rings. The van der Waals surface area contributed by atoms with Gasteiger partial charge in [0.1, 0.15) is 5.75 Å². The number of carbonyl (C=O) groups is 2. The molecular formula is C24H30ClN3O3. The first-order valence-corrected chi connectivity index (χ1v) is 11.2. The van der Waals surface area contributed by atoms with Gasteiger partial charge in [-0.25, -0.2) is 0 Å². The summed E-state index contributed by atoms with van der Waals surface area (Å²) in [6.45, 7) is 6.20. The topological polar surface area (TPSA) is 70.7 Å². The molecule has 6 nitrogen and oxygen atoms in total. The molecule has 7 heteroatoms. The number of rotatable bonds is 11. The first kappa shape index (κ1) is 23.1. The summed E-state index contributed by atoms with van der Waals surface area (Å²) < 4.78 is 5.64. The molecule has 1 unspecified atom stereocenters. The van der Waals surface area contributed by atoms with Crippen LogP contribution in [0.4, 0.5) is 5.69 Å². The Morgan fingerprint density at radius 1 is 1.13 bits per heavy atom. The molecule has 0 spiro atoms. The Labute approximate surface area is 188 Å². The Morgan fingerprint density at radius 2 is 1.87 bits per heavy atom. The summed E-state index contributed by atoms with van der Waals surface area (Å²) in [4.78, 5) is 26.6. The van der Waals surface area contributed by atoms with E-state index < -0.39 is 0 Å². The summed E-state index contributed by atoms with van der Waals surface area (Å²) in [6, 6.07) is 14.8. The summed E-state index contributed by atoms with van der Waals surface area (Å²) >= 11 is 6.41. The van der Waals surface area contributed by atoms with E-state index >= 15 is 0 Å². The molecule has 0 saturated heterocycles. The number of benzene rings is 2. The Morgan fingerprint density at radius 3 is 2.55 bits per heavy atom. The van der Waals surface area contributed by atoms with Crippen LogP contribution < -0.4 is 15.4 Å². The molecule has 0 heterocycles. The first-order chi connectivity index (χ1) is 15.0. The normalized spacial score (nSPS) is 14.2. The lowest BCUT2D eigenvalue weighted by Gasteiger charge is -2.30. The maximum absolute atomic E-state index is 12.4. The van der Waals surface area contributed by atoms with Gasteiger partial charge in [0.2, 0.25) is 5.91 Å². The number of anilines is 1. The number of nitrogens with zero attached hydrogens (tertiary/aromatic N) is 1. The van der Waals surface area contributed by atoms with Crippen LogP contribution in [0.5, 0.6) is 5.75 Å². The molecule has 0 aliphatic heterocycles. The molecule has 1 fully saturated rings. The SMILES string of the molecule is CCN(CC)C(CNC(=O)COc1cccc(NC(=O)C2CC2)c1)c1ccccc1Cl. The standard InChI is InChI=1S/C24H30ClN3O3/c1-3-28(4-2)22(20-10-5-6-11-21(20)25)15-26-23(29)16-31-19-9-7-8-18(14-19)27-24(30)17-12-13-17/h5-11,14,17,22H,3-4,12-13,15-16H2,1-2H3,(H,26,29)(H,27,30). The highest BCUT2D eigenvalue weighted by atomic mass is 35.5. The lowest BCUT2D eigenvalue weighted by molar-refractivity contribution is -0.123. The van der Waals surface area contributed by atoms with Crippen molar-refractivity contribution in [1.82, 2.24) is 10.2 Å². The van der Waals surface area contributed by atoms with Crippen molar-refractivity contribution in [2.45, 2.75) is 32.7 Å². The van der Waals surface area contributed by atoms with Crippen LogP contribution in [0.1, 0.15) is 38.3 Å². The molecule has 2 amide bonds. The van der Waals surface area contributed by atoms with E-state index in [9.17, 15) is 9.59 Å². The zero-order valence-electron chi connectivity index (χ0n) is 18.1. The van der Waals surface area contributed by atoms with E-state index in [4.69, 9.17) is 16.3 Å². The minimum atomic E-state index is -0.211. The quantitative estimate of drug-likeness (QED) is 0.544. The molecule has 2 aromatic carbocycles. The number of hydrogen-bond donors (Lipinski definition) is 2. The van der Waals surface area contributed by atoms with Gasteiger partial charge in [-0.3, -0.25) is 14.5 Å². The molecule has 2 N–H and O–H groups in total. The predicted octanol–water partition coefficient (Wildman–Crippen LogP) is 4.27. The average molecular weight is 444 g/mol. The van der Waals surface area contributed by atoms with Crippen molar-refractivity contribution in [1.29, 1.82) is 0 Å². The van der Waals surface area contributed by atoms with Gasteiger partial charge in [-0.1, -0.05) is 49.7 Å². The Balaban J connectivity index is 1.54. The van der Waals surface area contributed by atoms with E-state index in [1.54, 1.807) is 18.2 Å². The van der Waals surface area contributed by atoms with Crippen molar-refractivity contribution >= 4 is 29.1 Å². The van der Waals surface area contributed by atoms with Crippen molar-refractivity contribution in [3.8, 4) is 5.75 Å². The van der Waals surface area contributed by atoms with Crippen LogP contribution in [0.25, 0.3) is 0 Å². The summed E-state index contributed by atoms with van der Waals surface area (Å²) in [6.07, 6.45) is 1.90. The van der Waals surface area contributed by atoms with Gasteiger partial charge in [0.05, 0.1) is 6.04 Å². The fourth-order valence-corrected chi connectivity index (χ4v) is 3.77. The third-order valence-corrected chi connectivity index (χ3v) is 5.77. The monoisotopic (exact) mass is 443 g/mol. The fourth-order valence-electron chi connectivity index (χ4n) is 3.51. The van der Waals surface area contributed by atoms with Crippen molar-refractivity contribution in [3.63, 3.8) is 0 Å². The Kier molecular flexibility index (Phi) is 8.32. The van der Waals surface area contributed by atoms with Crippen molar-refractivity contribution < 1.29 is 14.3 Å². The van der Waals surface area contributed by atoms with Crippen molar-refractivity contribution in [2.24, 2.45) is 5.92 Å². The molecule has 31 heavy (non-hydrogen) atoms. The summed E-state index contributed by atoms with van der Waals surface area (Å²) in [5.41, 5.74) is 1.67. The molecule has 3 rings (SSSR count). The van der Waals surface area contributed by atoms with Crippen molar-refractivity contribution in [3.05, 3.63) is 59.1 Å². The second-order valence-corrected chi connectivity index (χ2v) is 8.05. The number of nitrogens with one attached hydrogen (secondary N) is 2.